The van der Waals surface area contributed by atoms with Crippen LogP contribution in [-0.2, 0) is 6.42 Å². The predicted octanol–water partition coefficient (Wildman–Crippen LogP) is 3.09. The first-order valence-corrected chi connectivity index (χ1v) is 8.30. The van der Waals surface area contributed by atoms with Crippen molar-refractivity contribution in [2.24, 2.45) is 0 Å². The van der Waals surface area contributed by atoms with E-state index in [4.69, 9.17) is 4.74 Å². The Labute approximate surface area is 129 Å². The molecule has 2 unspecified atom stereocenters. The summed E-state index contributed by atoms with van der Waals surface area (Å²) in [5, 5.41) is 3.68. The highest BCUT2D eigenvalue weighted by atomic mass is 16.5. The lowest BCUT2D eigenvalue weighted by atomic mass is 10.1. The minimum atomic E-state index is 0.466. The molecule has 0 aliphatic carbocycles. The largest absolute Gasteiger partial charge is 0.496 e. The van der Waals surface area contributed by atoms with E-state index in [2.05, 4.69) is 36.2 Å². The molecule has 1 fully saturated rings. The van der Waals surface area contributed by atoms with Gasteiger partial charge in [0.2, 0.25) is 0 Å². The Kier molecular flexibility index (Phi) is 6.52. The van der Waals surface area contributed by atoms with Crippen LogP contribution in [0, 0.1) is 0 Å². The molecule has 1 heterocycles. The molecule has 3 heteroatoms. The molecule has 1 aromatic rings. The van der Waals surface area contributed by atoms with Crippen LogP contribution in [0.1, 0.15) is 38.7 Å². The highest BCUT2D eigenvalue weighted by molar-refractivity contribution is 5.33. The summed E-state index contributed by atoms with van der Waals surface area (Å²) in [6.07, 6.45) is 5.14. The van der Waals surface area contributed by atoms with Crippen LogP contribution in [0.15, 0.2) is 24.3 Å². The summed E-state index contributed by atoms with van der Waals surface area (Å²) in [4.78, 5) is 2.62. The van der Waals surface area contributed by atoms with Crippen LogP contribution in [0.25, 0.3) is 0 Å². The topological polar surface area (TPSA) is 24.5 Å². The fraction of sp³-hybridized carbons (Fsp3) is 0.667. The Bertz CT molecular complexity index is 415. The van der Waals surface area contributed by atoms with Crippen molar-refractivity contribution in [1.82, 2.24) is 10.2 Å². The van der Waals surface area contributed by atoms with Crippen LogP contribution in [0.4, 0.5) is 0 Å². The highest BCUT2D eigenvalue weighted by Gasteiger charge is 2.17. The molecule has 0 bridgehead atoms. The second kappa shape index (κ2) is 8.40. The molecule has 0 saturated carbocycles. The first kappa shape index (κ1) is 16.3. The second-order valence-corrected chi connectivity index (χ2v) is 6.27. The number of nitrogens with one attached hydrogen (secondary N) is 1. The first-order valence-electron chi connectivity index (χ1n) is 8.30. The number of rotatable bonds is 7. The molecule has 21 heavy (non-hydrogen) atoms. The maximum atomic E-state index is 5.43. The monoisotopic (exact) mass is 290 g/mol. The van der Waals surface area contributed by atoms with E-state index < -0.39 is 0 Å². The van der Waals surface area contributed by atoms with Crippen molar-refractivity contribution in [1.29, 1.82) is 0 Å². The smallest absolute Gasteiger partial charge is 0.122 e. The molecule has 0 amide bonds. The number of nitrogens with zero attached hydrogens (tertiary/aromatic N) is 1. The highest BCUT2D eigenvalue weighted by Crippen LogP contribution is 2.19. The number of hydrogen-bond donors (Lipinski definition) is 1. The lowest BCUT2D eigenvalue weighted by Crippen LogP contribution is -2.45. The SMILES string of the molecule is COc1ccccc1CC(C)NCC(C)N1CCCCC1. The normalized spacial score (nSPS) is 19.2. The van der Waals surface area contributed by atoms with E-state index in [1.54, 1.807) is 7.11 Å². The van der Waals surface area contributed by atoms with Crippen molar-refractivity contribution in [2.45, 2.75) is 51.6 Å². The third-order valence-electron chi connectivity index (χ3n) is 4.49. The number of methoxy groups -OCH3 is 1. The van der Waals surface area contributed by atoms with Gasteiger partial charge in [0.15, 0.2) is 0 Å². The van der Waals surface area contributed by atoms with E-state index in [-0.39, 0.29) is 0 Å². The summed E-state index contributed by atoms with van der Waals surface area (Å²) in [7, 11) is 1.75. The van der Waals surface area contributed by atoms with Crippen LogP contribution in [0.2, 0.25) is 0 Å². The summed E-state index contributed by atoms with van der Waals surface area (Å²) < 4.78 is 5.43. The summed E-state index contributed by atoms with van der Waals surface area (Å²) in [6, 6.07) is 9.41. The van der Waals surface area contributed by atoms with Gasteiger partial charge in [-0.25, -0.2) is 0 Å². The van der Waals surface area contributed by atoms with Gasteiger partial charge in [-0.3, -0.25) is 4.90 Å². The lowest BCUT2D eigenvalue weighted by Gasteiger charge is -2.33. The molecule has 1 aliphatic rings. The van der Waals surface area contributed by atoms with E-state index in [9.17, 15) is 0 Å². The predicted molar refractivity (Wildman–Crippen MR) is 89.0 cm³/mol. The van der Waals surface area contributed by atoms with Crippen LogP contribution in [-0.4, -0.2) is 43.7 Å². The fourth-order valence-corrected chi connectivity index (χ4v) is 3.13. The van der Waals surface area contributed by atoms with Gasteiger partial charge in [-0.1, -0.05) is 24.6 Å². The second-order valence-electron chi connectivity index (χ2n) is 6.27. The van der Waals surface area contributed by atoms with Crippen LogP contribution >= 0.6 is 0 Å². The molecule has 0 radical (unpaired) electrons. The first-order chi connectivity index (χ1) is 10.2. The lowest BCUT2D eigenvalue weighted by molar-refractivity contribution is 0.168. The summed E-state index contributed by atoms with van der Waals surface area (Å²) in [5.41, 5.74) is 1.28. The molecular formula is C18H30N2O. The van der Waals surface area contributed by atoms with Crippen LogP contribution < -0.4 is 10.1 Å². The third kappa shape index (κ3) is 5.01. The third-order valence-corrected chi connectivity index (χ3v) is 4.49. The molecule has 1 aliphatic heterocycles. The van der Waals surface area contributed by atoms with E-state index in [0.29, 0.717) is 12.1 Å². The molecule has 0 aromatic heterocycles. The quantitative estimate of drug-likeness (QED) is 0.835. The number of benzene rings is 1. The number of hydrogen-bond acceptors (Lipinski definition) is 3. The Morgan fingerprint density at radius 2 is 1.86 bits per heavy atom. The average Bonchev–Trinajstić information content (AvgIpc) is 2.54. The molecule has 118 valence electrons. The van der Waals surface area contributed by atoms with Gasteiger partial charge in [-0.05, 0) is 57.8 Å². The van der Waals surface area contributed by atoms with Crippen molar-refractivity contribution in [3.8, 4) is 5.75 Å². The van der Waals surface area contributed by atoms with Gasteiger partial charge in [0.25, 0.3) is 0 Å². The number of likely N-dealkylation sites (tertiary alicyclic amines) is 1. The van der Waals surface area contributed by atoms with E-state index in [1.807, 2.05) is 12.1 Å². The molecule has 2 rings (SSSR count). The molecule has 1 saturated heterocycles. The van der Waals surface area contributed by atoms with Gasteiger partial charge in [0.05, 0.1) is 7.11 Å². The molecule has 1 aromatic carbocycles. The van der Waals surface area contributed by atoms with Crippen molar-refractivity contribution in [3.63, 3.8) is 0 Å². The number of ether oxygens (including phenoxy) is 1. The summed E-state index contributed by atoms with van der Waals surface area (Å²) >= 11 is 0. The average molecular weight is 290 g/mol. The Morgan fingerprint density at radius 1 is 1.14 bits per heavy atom. The Balaban J connectivity index is 1.77. The van der Waals surface area contributed by atoms with Gasteiger partial charge in [-0.2, -0.15) is 0 Å². The number of piperidine rings is 1. The minimum Gasteiger partial charge on any atom is -0.496 e. The maximum Gasteiger partial charge on any atom is 0.122 e. The van der Waals surface area contributed by atoms with Gasteiger partial charge < -0.3 is 10.1 Å². The fourth-order valence-electron chi connectivity index (χ4n) is 3.13. The molecule has 1 N–H and O–H groups in total. The molecule has 0 spiro atoms. The summed E-state index contributed by atoms with van der Waals surface area (Å²) in [6.45, 7) is 8.20. The van der Waals surface area contributed by atoms with E-state index in [1.165, 1.54) is 37.9 Å². The van der Waals surface area contributed by atoms with Crippen molar-refractivity contribution in [2.75, 3.05) is 26.7 Å². The molecular weight excluding hydrogens is 260 g/mol. The van der Waals surface area contributed by atoms with Crippen molar-refractivity contribution < 1.29 is 4.74 Å². The zero-order valence-corrected chi connectivity index (χ0v) is 13.8. The van der Waals surface area contributed by atoms with Crippen LogP contribution in [0.3, 0.4) is 0 Å². The zero-order chi connectivity index (χ0) is 15.1. The van der Waals surface area contributed by atoms with E-state index >= 15 is 0 Å². The standard InChI is InChI=1S/C18H30N2O/c1-15(13-17-9-5-6-10-18(17)21-3)19-14-16(2)20-11-7-4-8-12-20/h5-6,9-10,15-16,19H,4,7-8,11-14H2,1-3H3. The summed E-state index contributed by atoms with van der Waals surface area (Å²) in [5.74, 6) is 0.996. The molecule has 3 nitrogen and oxygen atoms in total. The van der Waals surface area contributed by atoms with Gasteiger partial charge >= 0.3 is 0 Å². The van der Waals surface area contributed by atoms with Gasteiger partial charge in [0, 0.05) is 18.6 Å². The Morgan fingerprint density at radius 3 is 2.57 bits per heavy atom. The molecule has 2 atom stereocenters. The number of para-hydroxylation sites is 1. The van der Waals surface area contributed by atoms with Gasteiger partial charge in [0.1, 0.15) is 5.75 Å². The minimum absolute atomic E-state index is 0.466. The Hall–Kier alpha value is -1.06. The van der Waals surface area contributed by atoms with Gasteiger partial charge in [-0.15, -0.1) is 0 Å². The van der Waals surface area contributed by atoms with Crippen molar-refractivity contribution in [3.05, 3.63) is 29.8 Å². The van der Waals surface area contributed by atoms with E-state index in [0.717, 1.165) is 18.7 Å². The van der Waals surface area contributed by atoms with Crippen LogP contribution in [0.5, 0.6) is 5.75 Å². The van der Waals surface area contributed by atoms with Crippen molar-refractivity contribution >= 4 is 0 Å². The zero-order valence-electron chi connectivity index (χ0n) is 13.8. The maximum absolute atomic E-state index is 5.43.